The number of hydrogen-bond donors (Lipinski definition) is 2. The van der Waals surface area contributed by atoms with Crippen molar-refractivity contribution in [2.75, 3.05) is 7.11 Å². The van der Waals surface area contributed by atoms with Crippen molar-refractivity contribution in [2.24, 2.45) is 0 Å². The maximum absolute atomic E-state index is 14.0. The molecule has 0 fully saturated rings. The number of nitrogens with zero attached hydrogens (tertiary/aromatic N) is 2. The van der Waals surface area contributed by atoms with Gasteiger partial charge in [0, 0.05) is 34.2 Å². The monoisotopic (exact) mass is 842 g/mol. The zero-order valence-electron chi connectivity index (χ0n) is 31.3. The highest BCUT2D eigenvalue weighted by atomic mass is 35.5. The van der Waals surface area contributed by atoms with E-state index in [2.05, 4.69) is 5.32 Å². The third kappa shape index (κ3) is 9.48. The lowest BCUT2D eigenvalue weighted by atomic mass is 10.0. The van der Waals surface area contributed by atoms with Crippen LogP contribution < -0.4 is 19.5 Å². The van der Waals surface area contributed by atoms with E-state index in [4.69, 9.17) is 32.7 Å². The van der Waals surface area contributed by atoms with Crippen LogP contribution in [0.25, 0.3) is 10.9 Å². The number of ether oxygens (including phenoxy) is 2. The van der Waals surface area contributed by atoms with E-state index in [-0.39, 0.29) is 23.8 Å². The standard InChI is InChI=1S/C42H36Cl2N4O9S/c1-25-5-4-6-28(19-25)24-57-31-13-7-27(8-14-31)20-37(41(50)46-58(54,55)33-16-17-36(44)39(22-33)48(52)53)45-40(49)23-34-26(2)47(38-18-15-32(56-3)21-35(34)38)42(51)29-9-11-30(43)12-10-29/h4-19,21-22,37H,20,23-24H2,1-3H3,(H,45,49)(H,46,50)/t37-/m0/s1. The van der Waals surface area contributed by atoms with Crippen LogP contribution in [-0.2, 0) is 39.1 Å². The number of halogens is 2. The van der Waals surface area contributed by atoms with Gasteiger partial charge in [-0.3, -0.25) is 29.1 Å². The van der Waals surface area contributed by atoms with Gasteiger partial charge in [0.15, 0.2) is 0 Å². The predicted molar refractivity (Wildman–Crippen MR) is 219 cm³/mol. The highest BCUT2D eigenvalue weighted by molar-refractivity contribution is 7.90. The smallest absolute Gasteiger partial charge is 0.289 e. The van der Waals surface area contributed by atoms with Crippen molar-refractivity contribution in [3.8, 4) is 11.5 Å². The molecule has 0 aliphatic heterocycles. The van der Waals surface area contributed by atoms with Crippen molar-refractivity contribution < 1.29 is 37.2 Å². The Morgan fingerprint density at radius 3 is 2.24 bits per heavy atom. The van der Waals surface area contributed by atoms with Gasteiger partial charge in [-0.2, -0.15) is 0 Å². The van der Waals surface area contributed by atoms with Gasteiger partial charge in [-0.15, -0.1) is 0 Å². The number of methoxy groups -OCH3 is 1. The maximum atomic E-state index is 14.0. The third-order valence-corrected chi connectivity index (χ3v) is 11.3. The van der Waals surface area contributed by atoms with Crippen LogP contribution in [0, 0.1) is 24.0 Å². The number of nitrogens with one attached hydrogen (secondary N) is 2. The number of carbonyl (C=O) groups is 3. The van der Waals surface area contributed by atoms with Crippen molar-refractivity contribution in [2.45, 2.75) is 44.2 Å². The molecule has 0 bridgehead atoms. The molecule has 0 unspecified atom stereocenters. The average molecular weight is 844 g/mol. The number of sulfonamides is 1. The van der Waals surface area contributed by atoms with E-state index in [9.17, 15) is 32.9 Å². The summed E-state index contributed by atoms with van der Waals surface area (Å²) in [5, 5.41) is 14.8. The second kappa shape index (κ2) is 17.5. The van der Waals surface area contributed by atoms with Gasteiger partial charge in [0.2, 0.25) is 5.91 Å². The van der Waals surface area contributed by atoms with Gasteiger partial charge >= 0.3 is 0 Å². The van der Waals surface area contributed by atoms with Crippen molar-refractivity contribution in [1.82, 2.24) is 14.6 Å². The van der Waals surface area contributed by atoms with Crippen LogP contribution in [0.3, 0.4) is 0 Å². The summed E-state index contributed by atoms with van der Waals surface area (Å²) in [4.78, 5) is 51.6. The van der Waals surface area contributed by atoms with Crippen LogP contribution in [0.2, 0.25) is 10.0 Å². The first-order valence-electron chi connectivity index (χ1n) is 17.7. The zero-order valence-corrected chi connectivity index (χ0v) is 33.7. The molecule has 6 rings (SSSR count). The summed E-state index contributed by atoms with van der Waals surface area (Å²) in [6.45, 7) is 3.98. The van der Waals surface area contributed by atoms with Crippen LogP contribution in [0.15, 0.2) is 114 Å². The topological polar surface area (TPSA) is 176 Å². The van der Waals surface area contributed by atoms with Crippen molar-refractivity contribution >= 4 is 67.5 Å². The minimum Gasteiger partial charge on any atom is -0.497 e. The summed E-state index contributed by atoms with van der Waals surface area (Å²) in [6.07, 6.45) is -0.475. The fraction of sp³-hybridized carbons (Fsp3) is 0.167. The van der Waals surface area contributed by atoms with Gasteiger partial charge in [0.05, 0.1) is 28.9 Å². The predicted octanol–water partition coefficient (Wildman–Crippen LogP) is 7.52. The van der Waals surface area contributed by atoms with Gasteiger partial charge in [0.25, 0.3) is 27.5 Å². The Balaban J connectivity index is 1.29. The molecule has 1 atom stereocenters. The molecule has 2 N–H and O–H groups in total. The Hall–Kier alpha value is -6.22. The number of amides is 2. The summed E-state index contributed by atoms with van der Waals surface area (Å²) in [6, 6.07) is 27.4. The number of carbonyl (C=O) groups excluding carboxylic acids is 3. The number of fused-ring (bicyclic) bond motifs is 1. The first-order valence-corrected chi connectivity index (χ1v) is 19.9. The number of nitro groups is 1. The van der Waals surface area contributed by atoms with Crippen LogP contribution in [0.4, 0.5) is 5.69 Å². The molecule has 58 heavy (non-hydrogen) atoms. The molecule has 0 saturated carbocycles. The zero-order chi connectivity index (χ0) is 41.7. The van der Waals surface area contributed by atoms with Gasteiger partial charge in [-0.25, -0.2) is 13.1 Å². The normalized spacial score (nSPS) is 11.8. The van der Waals surface area contributed by atoms with Crippen molar-refractivity contribution in [3.05, 3.63) is 163 Å². The molecule has 1 heterocycles. The quantitative estimate of drug-likeness (QED) is 0.0830. The number of rotatable bonds is 14. The Kier molecular flexibility index (Phi) is 12.5. The van der Waals surface area contributed by atoms with Crippen molar-refractivity contribution in [1.29, 1.82) is 0 Å². The maximum Gasteiger partial charge on any atom is 0.289 e. The first kappa shape index (κ1) is 41.4. The van der Waals surface area contributed by atoms with Gasteiger partial charge in [-0.1, -0.05) is 65.2 Å². The molecule has 13 nitrogen and oxygen atoms in total. The van der Waals surface area contributed by atoms with E-state index in [1.807, 2.05) is 35.9 Å². The molecular formula is C42H36Cl2N4O9S. The van der Waals surface area contributed by atoms with Gasteiger partial charge in [0.1, 0.15) is 29.2 Å². The molecule has 6 aromatic rings. The molecule has 0 aliphatic rings. The molecule has 0 aliphatic carbocycles. The number of hydrogen-bond acceptors (Lipinski definition) is 9. The number of benzene rings is 5. The highest BCUT2D eigenvalue weighted by Crippen LogP contribution is 2.31. The van der Waals surface area contributed by atoms with Crippen molar-refractivity contribution in [3.63, 3.8) is 0 Å². The number of nitro benzene ring substituents is 1. The van der Waals surface area contributed by atoms with Gasteiger partial charge < -0.3 is 14.8 Å². The lowest BCUT2D eigenvalue weighted by molar-refractivity contribution is -0.384. The Bertz CT molecular complexity index is 2660. The summed E-state index contributed by atoms with van der Waals surface area (Å²) >= 11 is 11.9. The van der Waals surface area contributed by atoms with E-state index >= 15 is 0 Å². The Labute approximate surface area is 343 Å². The summed E-state index contributed by atoms with van der Waals surface area (Å²) in [7, 11) is -3.20. The molecule has 1 aromatic heterocycles. The van der Waals surface area contributed by atoms with E-state index in [1.165, 1.54) is 11.7 Å². The minimum absolute atomic E-state index is 0.157. The fourth-order valence-electron chi connectivity index (χ4n) is 6.40. The molecule has 2 amide bonds. The van der Waals surface area contributed by atoms with E-state index in [1.54, 1.807) is 73.7 Å². The second-order valence-electron chi connectivity index (χ2n) is 13.4. The fourth-order valence-corrected chi connectivity index (χ4v) is 7.75. The number of aromatic nitrogens is 1. The van der Waals surface area contributed by atoms with Crippen LogP contribution in [0.1, 0.15) is 38.3 Å². The van der Waals surface area contributed by atoms with Crippen LogP contribution in [-0.4, -0.2) is 48.8 Å². The van der Waals surface area contributed by atoms with Gasteiger partial charge in [-0.05, 0) is 97.3 Å². The molecule has 0 radical (unpaired) electrons. The summed E-state index contributed by atoms with van der Waals surface area (Å²) in [5.41, 5.74) is 3.71. The third-order valence-electron chi connectivity index (χ3n) is 9.34. The molecule has 5 aromatic carbocycles. The molecule has 16 heteroatoms. The van der Waals surface area contributed by atoms with E-state index in [0.717, 1.165) is 29.3 Å². The molecule has 298 valence electrons. The number of aryl methyl sites for hydroxylation is 1. The summed E-state index contributed by atoms with van der Waals surface area (Å²) < 4.78 is 41.6. The lowest BCUT2D eigenvalue weighted by Crippen LogP contribution is -2.50. The lowest BCUT2D eigenvalue weighted by Gasteiger charge is -2.19. The summed E-state index contributed by atoms with van der Waals surface area (Å²) in [5.74, 6) is -1.13. The van der Waals surface area contributed by atoms with Crippen LogP contribution in [0.5, 0.6) is 11.5 Å². The Morgan fingerprint density at radius 2 is 1.57 bits per heavy atom. The minimum atomic E-state index is -4.68. The first-order chi connectivity index (χ1) is 27.6. The molecule has 0 spiro atoms. The molecular weight excluding hydrogens is 807 g/mol. The largest absolute Gasteiger partial charge is 0.497 e. The van der Waals surface area contributed by atoms with Crippen LogP contribution >= 0.6 is 23.2 Å². The second-order valence-corrected chi connectivity index (χ2v) is 15.9. The highest BCUT2D eigenvalue weighted by Gasteiger charge is 2.29. The average Bonchev–Trinajstić information content (AvgIpc) is 3.46. The van der Waals surface area contributed by atoms with E-state index in [0.29, 0.717) is 56.4 Å². The van der Waals surface area contributed by atoms with E-state index < -0.39 is 43.4 Å². The SMILES string of the molecule is COc1ccc2c(c1)c(CC(=O)N[C@@H](Cc1ccc(OCc3cccc(C)c3)cc1)C(=O)NS(=O)(=O)c1ccc(Cl)c([N+](=O)[O-])c1)c(C)n2C(=O)c1ccc(Cl)cc1. The molecule has 0 saturated heterocycles. The Morgan fingerprint density at radius 1 is 0.862 bits per heavy atom.